The largest absolute Gasteiger partial charge is 0.351 e. The van der Waals surface area contributed by atoms with E-state index in [2.05, 4.69) is 5.16 Å². The molecule has 3 rings (SSSR count). The second-order valence-electron chi connectivity index (χ2n) is 6.84. The molecule has 0 unspecified atom stereocenters. The van der Waals surface area contributed by atoms with E-state index >= 15 is 0 Å². The van der Waals surface area contributed by atoms with Crippen LogP contribution in [-0.4, -0.2) is 72.3 Å². The molecule has 2 fully saturated rings. The molecule has 1 saturated heterocycles. The number of carbonyl (C=O) groups is 1. The molecule has 1 amide bonds. The van der Waals surface area contributed by atoms with Gasteiger partial charge in [-0.1, -0.05) is 24.4 Å². The first kappa shape index (κ1) is 18.3. The first-order valence-corrected chi connectivity index (χ1v) is 10.2. The molecule has 0 atom stereocenters. The summed E-state index contributed by atoms with van der Waals surface area (Å²) in [6.07, 6.45) is 5.22. The highest BCUT2D eigenvalue weighted by Crippen LogP contribution is 2.25. The van der Waals surface area contributed by atoms with Gasteiger partial charge in [-0.3, -0.25) is 4.79 Å². The molecule has 0 radical (unpaired) electrons. The van der Waals surface area contributed by atoms with E-state index in [0.29, 0.717) is 31.9 Å². The van der Waals surface area contributed by atoms with E-state index in [4.69, 9.17) is 4.52 Å². The molecular weight excluding hydrogens is 344 g/mol. The van der Waals surface area contributed by atoms with Crippen molar-refractivity contribution in [2.75, 3.05) is 33.2 Å². The van der Waals surface area contributed by atoms with Gasteiger partial charge in [0.15, 0.2) is 0 Å². The van der Waals surface area contributed by atoms with Crippen LogP contribution in [0.4, 0.5) is 0 Å². The van der Waals surface area contributed by atoms with Crippen LogP contribution in [-0.2, 0) is 10.2 Å². The number of carbonyl (C=O) groups excluding carboxylic acids is 1. The molecule has 9 heteroatoms. The summed E-state index contributed by atoms with van der Waals surface area (Å²) in [4.78, 5) is 14.0. The average molecular weight is 370 g/mol. The molecule has 0 aromatic carbocycles. The van der Waals surface area contributed by atoms with E-state index in [0.717, 1.165) is 25.7 Å². The van der Waals surface area contributed by atoms with Crippen molar-refractivity contribution in [1.29, 1.82) is 0 Å². The summed E-state index contributed by atoms with van der Waals surface area (Å²) in [5, 5.41) is 3.73. The van der Waals surface area contributed by atoms with Gasteiger partial charge in [0.2, 0.25) is 5.76 Å². The second kappa shape index (κ2) is 7.43. The Hall–Kier alpha value is -1.45. The maximum absolute atomic E-state index is 12.9. The fraction of sp³-hybridized carbons (Fsp3) is 0.750. The number of hydrogen-bond acceptors (Lipinski definition) is 5. The number of piperazine rings is 1. The third-order valence-electron chi connectivity index (χ3n) is 5.14. The zero-order chi connectivity index (χ0) is 18.0. The molecule has 1 aliphatic heterocycles. The average Bonchev–Trinajstić information content (AvgIpc) is 3.07. The Labute approximate surface area is 148 Å². The molecule has 2 heterocycles. The molecule has 2 aliphatic rings. The summed E-state index contributed by atoms with van der Waals surface area (Å²) in [5.41, 5.74) is 0.652. The van der Waals surface area contributed by atoms with Gasteiger partial charge in [0.05, 0.1) is 5.69 Å². The molecule has 1 saturated carbocycles. The summed E-state index contributed by atoms with van der Waals surface area (Å²) >= 11 is 0. The molecule has 1 aromatic heterocycles. The Morgan fingerprint density at radius 2 is 1.84 bits per heavy atom. The molecule has 140 valence electrons. The summed E-state index contributed by atoms with van der Waals surface area (Å²) in [6, 6.07) is 1.69. The van der Waals surface area contributed by atoms with Crippen LogP contribution in [0.15, 0.2) is 10.6 Å². The normalized spacial score (nSPS) is 21.0. The highest BCUT2D eigenvalue weighted by atomic mass is 32.2. The van der Waals surface area contributed by atoms with Crippen LogP contribution in [0.5, 0.6) is 0 Å². The summed E-state index contributed by atoms with van der Waals surface area (Å²) < 4.78 is 33.7. The number of aromatic nitrogens is 1. The van der Waals surface area contributed by atoms with Gasteiger partial charge in [-0.25, -0.2) is 0 Å². The molecule has 8 nitrogen and oxygen atoms in total. The van der Waals surface area contributed by atoms with Crippen molar-refractivity contribution < 1.29 is 17.7 Å². The van der Waals surface area contributed by atoms with Gasteiger partial charge >= 0.3 is 0 Å². The van der Waals surface area contributed by atoms with Gasteiger partial charge in [-0.05, 0) is 19.8 Å². The molecule has 0 bridgehead atoms. The Balaban J connectivity index is 1.60. The van der Waals surface area contributed by atoms with Crippen molar-refractivity contribution in [3.63, 3.8) is 0 Å². The Bertz CT molecular complexity index is 703. The SMILES string of the molecule is Cc1cc(C(=O)N2CCN(S(=O)(=O)N(C)C3CCCCC3)CC2)on1. The van der Waals surface area contributed by atoms with Crippen LogP contribution < -0.4 is 0 Å². The fourth-order valence-electron chi connectivity index (χ4n) is 3.56. The zero-order valence-corrected chi connectivity index (χ0v) is 15.7. The molecule has 0 N–H and O–H groups in total. The van der Waals surface area contributed by atoms with E-state index in [9.17, 15) is 13.2 Å². The molecule has 25 heavy (non-hydrogen) atoms. The van der Waals surface area contributed by atoms with Crippen LogP contribution in [0.3, 0.4) is 0 Å². The lowest BCUT2D eigenvalue weighted by atomic mass is 9.96. The molecular formula is C16H26N4O4S. The Morgan fingerprint density at radius 3 is 2.40 bits per heavy atom. The Morgan fingerprint density at radius 1 is 1.20 bits per heavy atom. The highest BCUT2D eigenvalue weighted by Gasteiger charge is 2.35. The molecule has 0 spiro atoms. The minimum atomic E-state index is -3.48. The number of rotatable bonds is 4. The first-order chi connectivity index (χ1) is 11.9. The minimum Gasteiger partial charge on any atom is -0.351 e. The number of aryl methyl sites for hydroxylation is 1. The van der Waals surface area contributed by atoms with Crippen molar-refractivity contribution in [1.82, 2.24) is 18.7 Å². The van der Waals surface area contributed by atoms with Crippen LogP contribution in [0.2, 0.25) is 0 Å². The Kier molecular flexibility index (Phi) is 5.45. The third kappa shape index (κ3) is 3.88. The minimum absolute atomic E-state index is 0.0931. The fourth-order valence-corrected chi connectivity index (χ4v) is 5.13. The molecule has 1 aliphatic carbocycles. The third-order valence-corrected chi connectivity index (χ3v) is 7.19. The zero-order valence-electron chi connectivity index (χ0n) is 14.8. The predicted molar refractivity (Wildman–Crippen MR) is 92.3 cm³/mol. The van der Waals surface area contributed by atoms with Crippen molar-refractivity contribution in [2.24, 2.45) is 0 Å². The summed E-state index contributed by atoms with van der Waals surface area (Å²) in [5.74, 6) is -0.0357. The van der Waals surface area contributed by atoms with E-state index in [1.54, 1.807) is 24.9 Å². The number of nitrogens with zero attached hydrogens (tertiary/aromatic N) is 4. The van der Waals surface area contributed by atoms with Crippen molar-refractivity contribution in [3.05, 3.63) is 17.5 Å². The van der Waals surface area contributed by atoms with Gasteiger partial charge in [0.1, 0.15) is 0 Å². The van der Waals surface area contributed by atoms with Gasteiger partial charge in [-0.15, -0.1) is 0 Å². The smallest absolute Gasteiger partial charge is 0.292 e. The van der Waals surface area contributed by atoms with Gasteiger partial charge < -0.3 is 9.42 Å². The predicted octanol–water partition coefficient (Wildman–Crippen LogP) is 1.25. The number of amides is 1. The summed E-state index contributed by atoms with van der Waals surface area (Å²) in [7, 11) is -1.80. The van der Waals surface area contributed by atoms with Gasteiger partial charge in [0.25, 0.3) is 16.1 Å². The van der Waals surface area contributed by atoms with E-state index in [-0.39, 0.29) is 17.7 Å². The van der Waals surface area contributed by atoms with Crippen molar-refractivity contribution >= 4 is 16.1 Å². The van der Waals surface area contributed by atoms with Gasteiger partial charge in [0, 0.05) is 45.3 Å². The van der Waals surface area contributed by atoms with E-state index in [1.807, 2.05) is 0 Å². The van der Waals surface area contributed by atoms with Crippen LogP contribution >= 0.6 is 0 Å². The monoisotopic (exact) mass is 370 g/mol. The quantitative estimate of drug-likeness (QED) is 0.796. The summed E-state index contributed by atoms with van der Waals surface area (Å²) in [6.45, 7) is 3.08. The number of hydrogen-bond donors (Lipinski definition) is 0. The van der Waals surface area contributed by atoms with E-state index < -0.39 is 10.2 Å². The maximum Gasteiger partial charge on any atom is 0.292 e. The maximum atomic E-state index is 12.9. The van der Waals surface area contributed by atoms with Crippen molar-refractivity contribution in [3.8, 4) is 0 Å². The van der Waals surface area contributed by atoms with Crippen LogP contribution in [0, 0.1) is 6.92 Å². The lowest BCUT2D eigenvalue weighted by molar-refractivity contribution is 0.0651. The standard InChI is InChI=1S/C16H26N4O4S/c1-13-12-15(24-17-13)16(21)19-8-10-20(11-9-19)25(22,23)18(2)14-6-4-3-5-7-14/h12,14H,3-11H2,1-2H3. The lowest BCUT2D eigenvalue weighted by Gasteiger charge is -2.38. The lowest BCUT2D eigenvalue weighted by Crippen LogP contribution is -2.55. The second-order valence-corrected chi connectivity index (χ2v) is 8.83. The molecule has 1 aromatic rings. The first-order valence-electron chi connectivity index (χ1n) is 8.85. The topological polar surface area (TPSA) is 87.0 Å². The van der Waals surface area contributed by atoms with Crippen molar-refractivity contribution in [2.45, 2.75) is 45.1 Å². The van der Waals surface area contributed by atoms with E-state index in [1.165, 1.54) is 15.0 Å². The van der Waals surface area contributed by atoms with Gasteiger partial charge in [-0.2, -0.15) is 17.0 Å². The van der Waals surface area contributed by atoms with Crippen LogP contribution in [0.1, 0.15) is 48.4 Å². The van der Waals surface area contributed by atoms with Crippen LogP contribution in [0.25, 0.3) is 0 Å². The highest BCUT2D eigenvalue weighted by molar-refractivity contribution is 7.86.